The summed E-state index contributed by atoms with van der Waals surface area (Å²) in [5, 5.41) is 1.03. The maximum absolute atomic E-state index is 3.72. The molecule has 2 heteroatoms. The van der Waals surface area contributed by atoms with Gasteiger partial charge in [0.05, 0.1) is 0 Å². The molecule has 0 aromatic rings. The fraction of sp³-hybridized carbons (Fsp3) is 0.800. The number of hydrogen-bond acceptors (Lipinski definition) is 0. The van der Waals surface area contributed by atoms with Crippen LogP contribution in [0.5, 0.6) is 0 Å². The lowest BCUT2D eigenvalue weighted by atomic mass is 10.3. The molecule has 0 heterocycles. The van der Waals surface area contributed by atoms with Crippen LogP contribution in [0.4, 0.5) is 0 Å². The van der Waals surface area contributed by atoms with Gasteiger partial charge < -0.3 is 0 Å². The molecular weight excluding hydrogens is 220 g/mol. The molecule has 0 aromatic heterocycles. The molecule has 0 rings (SSSR count). The van der Waals surface area contributed by atoms with Crippen LogP contribution in [-0.4, -0.2) is 10.2 Å². The lowest BCUT2D eigenvalue weighted by Gasteiger charge is -1.99. The van der Waals surface area contributed by atoms with Crippen LogP contribution in [0.1, 0.15) is 12.8 Å². The molecule has 43 valence electrons. The summed E-state index contributed by atoms with van der Waals surface area (Å²) >= 11 is 6.79. The topological polar surface area (TPSA) is 0 Å². The van der Waals surface area contributed by atoms with Crippen molar-refractivity contribution in [3.8, 4) is 0 Å². The molecule has 0 N–H and O–H groups in total. The SMILES string of the molecule is [CH2]CCC(Br)CBr. The predicted octanol–water partition coefficient (Wildman–Crippen LogP) is 2.76. The largest absolute Gasteiger partial charge is 0.0916 e. The molecule has 0 aromatic carbocycles. The van der Waals surface area contributed by atoms with Crippen molar-refractivity contribution in [3.05, 3.63) is 6.92 Å². The van der Waals surface area contributed by atoms with Gasteiger partial charge in [-0.1, -0.05) is 45.2 Å². The summed E-state index contributed by atoms with van der Waals surface area (Å²) < 4.78 is 0. The van der Waals surface area contributed by atoms with Crippen LogP contribution in [0.3, 0.4) is 0 Å². The Hall–Kier alpha value is 0.960. The van der Waals surface area contributed by atoms with Gasteiger partial charge in [0.25, 0.3) is 0 Å². The normalized spacial score (nSPS) is 14.1. The number of alkyl halides is 2. The first-order chi connectivity index (χ1) is 3.31. The van der Waals surface area contributed by atoms with Crippen LogP contribution in [0.25, 0.3) is 0 Å². The van der Waals surface area contributed by atoms with E-state index in [4.69, 9.17) is 0 Å². The smallest absolute Gasteiger partial charge is 0.0242 e. The fourth-order valence-electron chi connectivity index (χ4n) is 0.299. The highest BCUT2D eigenvalue weighted by Crippen LogP contribution is 2.09. The first-order valence-electron chi connectivity index (χ1n) is 2.30. The third-order valence-electron chi connectivity index (χ3n) is 0.685. The van der Waals surface area contributed by atoms with Crippen molar-refractivity contribution in [1.29, 1.82) is 0 Å². The summed E-state index contributed by atoms with van der Waals surface area (Å²) in [4.78, 5) is 0.616. The lowest BCUT2D eigenvalue weighted by Crippen LogP contribution is -1.95. The quantitative estimate of drug-likeness (QED) is 0.652. The van der Waals surface area contributed by atoms with E-state index in [1.165, 1.54) is 0 Å². The molecule has 1 radical (unpaired) electrons. The molecular formula is C5H9Br2. The van der Waals surface area contributed by atoms with Crippen molar-refractivity contribution < 1.29 is 0 Å². The second-order valence-corrected chi connectivity index (χ2v) is 3.34. The predicted molar refractivity (Wildman–Crippen MR) is 41.1 cm³/mol. The highest BCUT2D eigenvalue weighted by molar-refractivity contribution is 9.12. The van der Waals surface area contributed by atoms with Gasteiger partial charge in [-0.3, -0.25) is 0 Å². The minimum absolute atomic E-state index is 0.616. The van der Waals surface area contributed by atoms with Gasteiger partial charge in [-0.15, -0.1) is 0 Å². The zero-order valence-electron chi connectivity index (χ0n) is 4.16. The van der Waals surface area contributed by atoms with Crippen molar-refractivity contribution in [2.75, 3.05) is 5.33 Å². The number of hydrogen-bond donors (Lipinski definition) is 0. The van der Waals surface area contributed by atoms with Crippen molar-refractivity contribution in [2.45, 2.75) is 17.7 Å². The lowest BCUT2D eigenvalue weighted by molar-refractivity contribution is 0.853. The van der Waals surface area contributed by atoms with Gasteiger partial charge in [-0.2, -0.15) is 0 Å². The Labute approximate surface area is 61.9 Å². The Kier molecular flexibility index (Phi) is 5.80. The minimum atomic E-state index is 0.616. The fourth-order valence-corrected chi connectivity index (χ4v) is 0.946. The van der Waals surface area contributed by atoms with E-state index in [2.05, 4.69) is 38.8 Å². The van der Waals surface area contributed by atoms with Crippen molar-refractivity contribution >= 4 is 31.9 Å². The van der Waals surface area contributed by atoms with E-state index in [1.54, 1.807) is 0 Å². The van der Waals surface area contributed by atoms with Crippen LogP contribution in [0.15, 0.2) is 0 Å². The molecule has 0 bridgehead atoms. The van der Waals surface area contributed by atoms with Crippen LogP contribution in [-0.2, 0) is 0 Å². The highest BCUT2D eigenvalue weighted by atomic mass is 79.9. The third-order valence-corrected chi connectivity index (χ3v) is 3.12. The van der Waals surface area contributed by atoms with Crippen LogP contribution in [0, 0.1) is 6.92 Å². The van der Waals surface area contributed by atoms with Gasteiger partial charge in [0.1, 0.15) is 0 Å². The Balaban J connectivity index is 2.83. The molecule has 0 nitrogen and oxygen atoms in total. The summed E-state index contributed by atoms with van der Waals surface area (Å²) in [6.07, 6.45) is 2.17. The van der Waals surface area contributed by atoms with Gasteiger partial charge >= 0.3 is 0 Å². The maximum atomic E-state index is 3.72. The van der Waals surface area contributed by atoms with Crippen molar-refractivity contribution in [3.63, 3.8) is 0 Å². The second kappa shape index (κ2) is 5.10. The molecule has 0 aliphatic heterocycles. The summed E-state index contributed by atoms with van der Waals surface area (Å²) in [5.74, 6) is 0. The maximum Gasteiger partial charge on any atom is 0.0242 e. The van der Waals surface area contributed by atoms with E-state index in [1.807, 2.05) is 0 Å². The number of halogens is 2. The van der Waals surface area contributed by atoms with Gasteiger partial charge in [0, 0.05) is 10.2 Å². The van der Waals surface area contributed by atoms with E-state index in [0.717, 1.165) is 18.2 Å². The van der Waals surface area contributed by atoms with Crippen LogP contribution < -0.4 is 0 Å². The van der Waals surface area contributed by atoms with Gasteiger partial charge in [-0.25, -0.2) is 0 Å². The highest BCUT2D eigenvalue weighted by Gasteiger charge is 1.96. The summed E-state index contributed by atoms with van der Waals surface area (Å²) in [7, 11) is 0. The van der Waals surface area contributed by atoms with Gasteiger partial charge in [-0.05, 0) is 6.42 Å². The molecule has 0 aliphatic rings. The zero-order chi connectivity index (χ0) is 5.70. The van der Waals surface area contributed by atoms with E-state index in [0.29, 0.717) is 4.83 Å². The molecule has 0 saturated carbocycles. The standard InChI is InChI=1S/C5H9Br2/c1-2-3-5(7)4-6/h5H,1-4H2. The Morgan fingerprint density at radius 3 is 2.29 bits per heavy atom. The third kappa shape index (κ3) is 4.82. The average molecular weight is 229 g/mol. The summed E-state index contributed by atoms with van der Waals surface area (Å²) in [6.45, 7) is 3.72. The molecule has 0 saturated heterocycles. The molecule has 0 spiro atoms. The first-order valence-corrected chi connectivity index (χ1v) is 4.34. The Morgan fingerprint density at radius 1 is 1.57 bits per heavy atom. The van der Waals surface area contributed by atoms with Gasteiger partial charge in [0.2, 0.25) is 0 Å². The molecule has 0 aliphatic carbocycles. The molecule has 0 amide bonds. The average Bonchev–Trinajstić information content (AvgIpc) is 1.68. The van der Waals surface area contributed by atoms with E-state index in [-0.39, 0.29) is 0 Å². The van der Waals surface area contributed by atoms with Crippen LogP contribution in [0.2, 0.25) is 0 Å². The van der Waals surface area contributed by atoms with Crippen LogP contribution >= 0.6 is 31.9 Å². The molecule has 7 heavy (non-hydrogen) atoms. The Morgan fingerprint density at radius 2 is 2.14 bits per heavy atom. The summed E-state index contributed by atoms with van der Waals surface area (Å²) in [5.41, 5.74) is 0. The van der Waals surface area contributed by atoms with Gasteiger partial charge in [0.15, 0.2) is 0 Å². The first kappa shape index (κ1) is 7.96. The Bertz CT molecular complexity index is 37.1. The number of rotatable bonds is 3. The van der Waals surface area contributed by atoms with Crippen molar-refractivity contribution in [1.82, 2.24) is 0 Å². The zero-order valence-corrected chi connectivity index (χ0v) is 7.33. The summed E-state index contributed by atoms with van der Waals surface area (Å²) in [6, 6.07) is 0. The van der Waals surface area contributed by atoms with E-state index < -0.39 is 0 Å². The minimum Gasteiger partial charge on any atom is -0.0916 e. The molecule has 1 unspecified atom stereocenters. The van der Waals surface area contributed by atoms with E-state index in [9.17, 15) is 0 Å². The van der Waals surface area contributed by atoms with Crippen molar-refractivity contribution in [2.24, 2.45) is 0 Å². The second-order valence-electron chi connectivity index (χ2n) is 1.39. The molecule has 1 atom stereocenters. The molecule has 0 fully saturated rings. The monoisotopic (exact) mass is 227 g/mol. The van der Waals surface area contributed by atoms with E-state index >= 15 is 0 Å².